The lowest BCUT2D eigenvalue weighted by Gasteiger charge is -2.25. The molecule has 1 aliphatic rings. The monoisotopic (exact) mass is 375 g/mol. The molecule has 136 valence electrons. The van der Waals surface area contributed by atoms with Gasteiger partial charge >= 0.3 is 5.97 Å². The van der Waals surface area contributed by atoms with Gasteiger partial charge in [0.05, 0.1) is 0 Å². The second-order valence-electron chi connectivity index (χ2n) is 5.75. The second-order valence-corrected chi connectivity index (χ2v) is 6.16. The van der Waals surface area contributed by atoms with Gasteiger partial charge in [0.15, 0.2) is 17.6 Å². The minimum Gasteiger partial charge on any atom is -0.485 e. The smallest absolute Gasteiger partial charge is 0.351 e. The molecule has 2 aromatic rings. The molecule has 1 heterocycles. The molecule has 0 aliphatic carbocycles. The van der Waals surface area contributed by atoms with E-state index in [-0.39, 0.29) is 13.2 Å². The van der Waals surface area contributed by atoms with Crippen LogP contribution in [-0.2, 0) is 20.9 Å². The lowest BCUT2D eigenvalue weighted by molar-refractivity contribution is -0.163. The van der Waals surface area contributed by atoms with Crippen LogP contribution in [0.15, 0.2) is 48.5 Å². The first-order chi connectivity index (χ1) is 12.5. The lowest BCUT2D eigenvalue weighted by atomic mass is 10.2. The predicted octanol–water partition coefficient (Wildman–Crippen LogP) is 2.73. The maximum absolute atomic E-state index is 12.2. The normalized spacial score (nSPS) is 16.5. The van der Waals surface area contributed by atoms with Gasteiger partial charge in [0.25, 0.3) is 5.91 Å². The minimum absolute atomic E-state index is 0.0316. The molecule has 26 heavy (non-hydrogen) atoms. The van der Waals surface area contributed by atoms with Crippen molar-refractivity contribution in [2.45, 2.75) is 25.7 Å². The average Bonchev–Trinajstić information content (AvgIpc) is 2.66. The summed E-state index contributed by atoms with van der Waals surface area (Å²) >= 11 is 6.05. The fraction of sp³-hybridized carbons (Fsp3) is 0.263. The van der Waals surface area contributed by atoms with Crippen LogP contribution in [-0.4, -0.2) is 30.7 Å². The largest absolute Gasteiger partial charge is 0.485 e. The number of carbonyl (C=O) groups excluding carboxylic acids is 2. The van der Waals surface area contributed by atoms with Gasteiger partial charge in [-0.05, 0) is 30.7 Å². The predicted molar refractivity (Wildman–Crippen MR) is 95.2 cm³/mol. The Morgan fingerprint density at radius 3 is 2.65 bits per heavy atom. The SMILES string of the molecule is C[C@H](OC(=O)[C@H]1COc2ccccc2O1)C(=O)NCc1ccccc1Cl. The molecule has 7 heteroatoms. The molecule has 0 aromatic heterocycles. The van der Waals surface area contributed by atoms with Gasteiger partial charge in [-0.1, -0.05) is 41.9 Å². The number of rotatable bonds is 5. The number of fused-ring (bicyclic) bond motifs is 1. The van der Waals surface area contributed by atoms with Gasteiger partial charge in [0, 0.05) is 11.6 Å². The van der Waals surface area contributed by atoms with Crippen LogP contribution in [0.25, 0.3) is 0 Å². The van der Waals surface area contributed by atoms with Crippen molar-refractivity contribution in [2.75, 3.05) is 6.61 Å². The van der Waals surface area contributed by atoms with Crippen molar-refractivity contribution < 1.29 is 23.8 Å². The van der Waals surface area contributed by atoms with E-state index in [0.29, 0.717) is 16.5 Å². The highest BCUT2D eigenvalue weighted by Gasteiger charge is 2.31. The highest BCUT2D eigenvalue weighted by Crippen LogP contribution is 2.31. The fourth-order valence-electron chi connectivity index (χ4n) is 2.41. The number of amides is 1. The molecule has 2 atom stereocenters. The zero-order chi connectivity index (χ0) is 18.5. The van der Waals surface area contributed by atoms with Gasteiger partial charge in [-0.25, -0.2) is 4.79 Å². The van der Waals surface area contributed by atoms with E-state index in [2.05, 4.69) is 5.32 Å². The van der Waals surface area contributed by atoms with E-state index >= 15 is 0 Å². The van der Waals surface area contributed by atoms with E-state index in [1.54, 1.807) is 24.3 Å². The van der Waals surface area contributed by atoms with Crippen LogP contribution in [0.1, 0.15) is 12.5 Å². The van der Waals surface area contributed by atoms with E-state index in [1.165, 1.54) is 6.92 Å². The summed E-state index contributed by atoms with van der Waals surface area (Å²) in [6, 6.07) is 14.2. The summed E-state index contributed by atoms with van der Waals surface area (Å²) in [5.41, 5.74) is 0.779. The quantitative estimate of drug-likeness (QED) is 0.813. The van der Waals surface area contributed by atoms with Crippen LogP contribution < -0.4 is 14.8 Å². The molecule has 2 aromatic carbocycles. The molecule has 0 unspecified atom stereocenters. The number of para-hydroxylation sites is 2. The third-order valence-electron chi connectivity index (χ3n) is 3.84. The van der Waals surface area contributed by atoms with Crippen LogP contribution in [0.3, 0.4) is 0 Å². The summed E-state index contributed by atoms with van der Waals surface area (Å²) in [6.07, 6.45) is -1.88. The first-order valence-corrected chi connectivity index (χ1v) is 8.52. The van der Waals surface area contributed by atoms with E-state index in [0.717, 1.165) is 5.56 Å². The molecule has 0 saturated heterocycles. The number of esters is 1. The second kappa shape index (κ2) is 8.10. The van der Waals surface area contributed by atoms with Gasteiger partial charge in [-0.3, -0.25) is 4.79 Å². The number of hydrogen-bond acceptors (Lipinski definition) is 5. The Kier molecular flexibility index (Phi) is 5.63. The first kappa shape index (κ1) is 18.1. The van der Waals surface area contributed by atoms with Crippen molar-refractivity contribution in [3.8, 4) is 11.5 Å². The maximum Gasteiger partial charge on any atom is 0.351 e. The van der Waals surface area contributed by atoms with Gasteiger partial charge < -0.3 is 19.5 Å². The summed E-state index contributed by atoms with van der Waals surface area (Å²) in [5.74, 6) is -0.0334. The van der Waals surface area contributed by atoms with Crippen LogP contribution >= 0.6 is 11.6 Å². The van der Waals surface area contributed by atoms with Crippen LogP contribution in [0.2, 0.25) is 5.02 Å². The topological polar surface area (TPSA) is 73.9 Å². The van der Waals surface area contributed by atoms with E-state index in [4.69, 9.17) is 25.8 Å². The average molecular weight is 376 g/mol. The number of ether oxygens (including phenoxy) is 3. The Morgan fingerprint density at radius 1 is 1.19 bits per heavy atom. The van der Waals surface area contributed by atoms with Crippen molar-refractivity contribution in [1.29, 1.82) is 0 Å². The molecule has 1 aliphatic heterocycles. The fourth-order valence-corrected chi connectivity index (χ4v) is 2.61. The molecule has 0 radical (unpaired) electrons. The lowest BCUT2D eigenvalue weighted by Crippen LogP contribution is -2.42. The van der Waals surface area contributed by atoms with Crippen molar-refractivity contribution in [3.05, 3.63) is 59.1 Å². The summed E-state index contributed by atoms with van der Waals surface area (Å²) in [5, 5.41) is 3.25. The number of carbonyl (C=O) groups is 2. The number of hydrogen-bond donors (Lipinski definition) is 1. The Bertz CT molecular complexity index is 810. The van der Waals surface area contributed by atoms with Crippen molar-refractivity contribution in [1.82, 2.24) is 5.32 Å². The van der Waals surface area contributed by atoms with Gasteiger partial charge in [0.1, 0.15) is 6.61 Å². The number of halogens is 1. The van der Waals surface area contributed by atoms with Crippen molar-refractivity contribution in [3.63, 3.8) is 0 Å². The highest BCUT2D eigenvalue weighted by atomic mass is 35.5. The van der Waals surface area contributed by atoms with Crippen LogP contribution in [0.4, 0.5) is 0 Å². The third-order valence-corrected chi connectivity index (χ3v) is 4.21. The molecule has 0 fully saturated rings. The molecular formula is C19H18ClNO5. The zero-order valence-corrected chi connectivity index (χ0v) is 14.9. The first-order valence-electron chi connectivity index (χ1n) is 8.14. The van der Waals surface area contributed by atoms with Crippen LogP contribution in [0, 0.1) is 0 Å². The van der Waals surface area contributed by atoms with Crippen molar-refractivity contribution >= 4 is 23.5 Å². The van der Waals surface area contributed by atoms with Gasteiger partial charge in [-0.2, -0.15) is 0 Å². The third kappa shape index (κ3) is 4.26. The molecule has 0 spiro atoms. The summed E-state index contributed by atoms with van der Waals surface area (Å²) < 4.78 is 16.2. The Balaban J connectivity index is 1.51. The highest BCUT2D eigenvalue weighted by molar-refractivity contribution is 6.31. The van der Waals surface area contributed by atoms with Crippen LogP contribution in [0.5, 0.6) is 11.5 Å². The summed E-state index contributed by atoms with van der Waals surface area (Å²) in [7, 11) is 0. The van der Waals surface area contributed by atoms with Gasteiger partial charge in [0.2, 0.25) is 6.10 Å². The maximum atomic E-state index is 12.2. The zero-order valence-electron chi connectivity index (χ0n) is 14.1. The van der Waals surface area contributed by atoms with E-state index in [9.17, 15) is 9.59 Å². The molecule has 1 amide bonds. The Hall–Kier alpha value is -2.73. The molecule has 6 nitrogen and oxygen atoms in total. The molecule has 1 N–H and O–H groups in total. The summed E-state index contributed by atoms with van der Waals surface area (Å²) in [4.78, 5) is 24.4. The molecule has 3 rings (SSSR count). The van der Waals surface area contributed by atoms with E-state index in [1.807, 2.05) is 24.3 Å². The van der Waals surface area contributed by atoms with Crippen molar-refractivity contribution in [2.24, 2.45) is 0 Å². The molecular weight excluding hydrogens is 358 g/mol. The Morgan fingerprint density at radius 2 is 1.88 bits per heavy atom. The Labute approximate surface area is 156 Å². The minimum atomic E-state index is -0.967. The van der Waals surface area contributed by atoms with Gasteiger partial charge in [-0.15, -0.1) is 0 Å². The van der Waals surface area contributed by atoms with E-state index < -0.39 is 24.1 Å². The molecule has 0 saturated carbocycles. The number of benzene rings is 2. The standard InChI is InChI=1S/C19H18ClNO5/c1-12(18(22)21-10-13-6-2-3-7-14(13)20)25-19(23)17-11-24-15-8-4-5-9-16(15)26-17/h2-9,12,17H,10-11H2,1H3,(H,21,22)/t12-,17+/m0/s1. The molecule has 0 bridgehead atoms. The number of nitrogens with one attached hydrogen (secondary N) is 1. The summed E-state index contributed by atoms with van der Waals surface area (Å²) in [6.45, 7) is 1.78.